The number of nitrogen functional groups attached to an aromatic ring is 1. The zero-order chi connectivity index (χ0) is 13.5. The molecule has 0 spiro atoms. The van der Waals surface area contributed by atoms with Crippen molar-refractivity contribution in [2.24, 2.45) is 5.92 Å². The van der Waals surface area contributed by atoms with Gasteiger partial charge in [0.15, 0.2) is 0 Å². The number of nitriles is 1. The van der Waals surface area contributed by atoms with E-state index in [-0.39, 0.29) is 0 Å². The maximum Gasteiger partial charge on any atom is 0.146 e. The van der Waals surface area contributed by atoms with E-state index in [0.717, 1.165) is 6.54 Å². The molecule has 5 heteroatoms. The van der Waals surface area contributed by atoms with E-state index in [2.05, 4.69) is 29.8 Å². The Morgan fingerprint density at radius 2 is 2.28 bits per heavy atom. The number of hydrogen-bond acceptors (Lipinski definition) is 5. The van der Waals surface area contributed by atoms with Crippen LogP contribution in [0.2, 0.25) is 0 Å². The van der Waals surface area contributed by atoms with Gasteiger partial charge in [-0.05, 0) is 12.0 Å². The molecule has 0 fully saturated rings. The van der Waals surface area contributed by atoms with Gasteiger partial charge in [0.2, 0.25) is 0 Å². The summed E-state index contributed by atoms with van der Waals surface area (Å²) < 4.78 is 5.10. The van der Waals surface area contributed by atoms with E-state index in [4.69, 9.17) is 15.7 Å². The van der Waals surface area contributed by atoms with Gasteiger partial charge >= 0.3 is 0 Å². The molecule has 98 valence electrons. The van der Waals surface area contributed by atoms with Crippen LogP contribution in [0.15, 0.2) is 12.3 Å². The van der Waals surface area contributed by atoms with E-state index in [9.17, 15) is 0 Å². The number of methoxy groups -OCH3 is 1. The van der Waals surface area contributed by atoms with Crippen LogP contribution in [-0.2, 0) is 4.74 Å². The highest BCUT2D eigenvalue weighted by Gasteiger charge is 2.14. The average Bonchev–Trinajstić information content (AvgIpc) is 2.34. The molecule has 0 aliphatic carbocycles. The van der Waals surface area contributed by atoms with Crippen LogP contribution in [0.5, 0.6) is 0 Å². The summed E-state index contributed by atoms with van der Waals surface area (Å²) in [5.74, 6) is 1.16. The van der Waals surface area contributed by atoms with Crippen LogP contribution in [0.3, 0.4) is 0 Å². The van der Waals surface area contributed by atoms with Crippen molar-refractivity contribution in [1.82, 2.24) is 4.98 Å². The van der Waals surface area contributed by atoms with Crippen molar-refractivity contribution in [2.45, 2.75) is 13.8 Å². The van der Waals surface area contributed by atoms with E-state index in [1.165, 1.54) is 0 Å². The van der Waals surface area contributed by atoms with Crippen molar-refractivity contribution in [3.8, 4) is 6.07 Å². The summed E-state index contributed by atoms with van der Waals surface area (Å²) in [5.41, 5.74) is 6.66. The molecule has 0 aliphatic heterocycles. The van der Waals surface area contributed by atoms with E-state index in [1.807, 2.05) is 0 Å². The van der Waals surface area contributed by atoms with Crippen molar-refractivity contribution in [3.05, 3.63) is 17.8 Å². The Bertz CT molecular complexity index is 425. The maximum atomic E-state index is 9.15. The van der Waals surface area contributed by atoms with Gasteiger partial charge in [0, 0.05) is 20.2 Å². The van der Waals surface area contributed by atoms with Gasteiger partial charge in [-0.15, -0.1) is 0 Å². The summed E-state index contributed by atoms with van der Waals surface area (Å²) in [6.07, 6.45) is 1.58. The topological polar surface area (TPSA) is 75.2 Å². The van der Waals surface area contributed by atoms with Gasteiger partial charge in [-0.1, -0.05) is 13.8 Å². The molecule has 0 aliphatic rings. The lowest BCUT2D eigenvalue weighted by Crippen LogP contribution is -2.32. The number of pyridine rings is 1. The highest BCUT2D eigenvalue weighted by molar-refractivity contribution is 5.58. The highest BCUT2D eigenvalue weighted by Crippen LogP contribution is 2.20. The molecular formula is C13H20N4O. The molecule has 1 rings (SSSR count). The second-order valence-corrected chi connectivity index (χ2v) is 4.58. The minimum Gasteiger partial charge on any atom is -0.397 e. The summed E-state index contributed by atoms with van der Waals surface area (Å²) in [6.45, 7) is 6.39. The Hall–Kier alpha value is -1.80. The van der Waals surface area contributed by atoms with Crippen LogP contribution in [0, 0.1) is 17.2 Å². The van der Waals surface area contributed by atoms with Crippen molar-refractivity contribution >= 4 is 11.5 Å². The molecule has 1 aromatic rings. The summed E-state index contributed by atoms with van der Waals surface area (Å²) in [5, 5.41) is 9.15. The van der Waals surface area contributed by atoms with Crippen molar-refractivity contribution in [1.29, 1.82) is 5.26 Å². The minimum atomic E-state index is 0.479. The van der Waals surface area contributed by atoms with Crippen LogP contribution < -0.4 is 10.6 Å². The van der Waals surface area contributed by atoms with Gasteiger partial charge < -0.3 is 15.4 Å². The summed E-state index contributed by atoms with van der Waals surface area (Å²) in [4.78, 5) is 6.34. The van der Waals surface area contributed by atoms with E-state index < -0.39 is 0 Å². The average molecular weight is 248 g/mol. The zero-order valence-corrected chi connectivity index (χ0v) is 11.2. The predicted molar refractivity (Wildman–Crippen MR) is 72.3 cm³/mol. The number of nitrogens with two attached hydrogens (primary N) is 1. The first-order chi connectivity index (χ1) is 8.58. The fourth-order valence-electron chi connectivity index (χ4n) is 1.73. The third kappa shape index (κ3) is 3.90. The third-order valence-corrected chi connectivity index (χ3v) is 2.46. The quantitative estimate of drug-likeness (QED) is 0.828. The molecule has 0 bridgehead atoms. The number of ether oxygens (including phenoxy) is 1. The van der Waals surface area contributed by atoms with Gasteiger partial charge in [0.1, 0.15) is 11.9 Å². The molecule has 2 N–H and O–H groups in total. The molecule has 0 unspecified atom stereocenters. The molecule has 0 aromatic carbocycles. The van der Waals surface area contributed by atoms with Gasteiger partial charge in [0.05, 0.1) is 24.1 Å². The molecule has 5 nitrogen and oxygen atoms in total. The van der Waals surface area contributed by atoms with Gasteiger partial charge in [-0.3, -0.25) is 0 Å². The third-order valence-electron chi connectivity index (χ3n) is 2.46. The second kappa shape index (κ2) is 6.82. The lowest BCUT2D eigenvalue weighted by molar-refractivity contribution is 0.204. The minimum absolute atomic E-state index is 0.479. The Kier molecular flexibility index (Phi) is 5.40. The number of aromatic nitrogens is 1. The predicted octanol–water partition coefficient (Wildman–Crippen LogP) is 1.64. The number of nitrogens with zero attached hydrogens (tertiary/aromatic N) is 3. The van der Waals surface area contributed by atoms with Gasteiger partial charge in [-0.2, -0.15) is 5.26 Å². The van der Waals surface area contributed by atoms with Crippen molar-refractivity contribution in [3.63, 3.8) is 0 Å². The second-order valence-electron chi connectivity index (χ2n) is 4.58. The summed E-state index contributed by atoms with van der Waals surface area (Å²) in [6, 6.07) is 3.80. The first kappa shape index (κ1) is 14.3. The number of anilines is 2. The number of rotatable bonds is 6. The van der Waals surface area contributed by atoms with E-state index in [1.54, 1.807) is 19.4 Å². The molecule has 0 saturated heterocycles. The fourth-order valence-corrected chi connectivity index (χ4v) is 1.73. The van der Waals surface area contributed by atoms with Crippen molar-refractivity contribution < 1.29 is 4.74 Å². The first-order valence-electron chi connectivity index (χ1n) is 5.98. The molecule has 0 radical (unpaired) electrons. The lowest BCUT2D eigenvalue weighted by atomic mass is 10.2. The van der Waals surface area contributed by atoms with Crippen LogP contribution >= 0.6 is 0 Å². The molecular weight excluding hydrogens is 228 g/mol. The van der Waals surface area contributed by atoms with Gasteiger partial charge in [0.25, 0.3) is 0 Å². The molecule has 0 amide bonds. The van der Waals surface area contributed by atoms with E-state index >= 15 is 0 Å². The largest absolute Gasteiger partial charge is 0.397 e. The van der Waals surface area contributed by atoms with Crippen LogP contribution in [0.25, 0.3) is 0 Å². The fraction of sp³-hybridized carbons (Fsp3) is 0.538. The molecule has 0 atom stereocenters. The maximum absolute atomic E-state index is 9.15. The van der Waals surface area contributed by atoms with Crippen LogP contribution in [0.4, 0.5) is 11.5 Å². The number of hydrogen-bond donors (Lipinski definition) is 1. The SMILES string of the molecule is COCCN(CC(C)C)c1ncc(N)cc1C#N. The van der Waals surface area contributed by atoms with E-state index in [0.29, 0.717) is 36.1 Å². The monoisotopic (exact) mass is 248 g/mol. The summed E-state index contributed by atoms with van der Waals surface area (Å²) in [7, 11) is 1.66. The molecule has 0 saturated carbocycles. The molecule has 1 aromatic heterocycles. The zero-order valence-electron chi connectivity index (χ0n) is 11.2. The Balaban J connectivity index is 3.00. The smallest absolute Gasteiger partial charge is 0.146 e. The standard InChI is InChI=1S/C13H20N4O/c1-10(2)9-17(4-5-18-3)13-11(7-14)6-12(15)8-16-13/h6,8,10H,4-5,9,15H2,1-3H3. The Morgan fingerprint density at radius 3 is 2.83 bits per heavy atom. The Morgan fingerprint density at radius 1 is 1.56 bits per heavy atom. The summed E-state index contributed by atoms with van der Waals surface area (Å²) >= 11 is 0. The van der Waals surface area contributed by atoms with Crippen LogP contribution in [0.1, 0.15) is 19.4 Å². The Labute approximate surface area is 108 Å². The lowest BCUT2D eigenvalue weighted by Gasteiger charge is -2.26. The van der Waals surface area contributed by atoms with Crippen molar-refractivity contribution in [2.75, 3.05) is 37.4 Å². The molecule has 18 heavy (non-hydrogen) atoms. The van der Waals surface area contributed by atoms with Crippen LogP contribution in [-0.4, -0.2) is 31.8 Å². The first-order valence-corrected chi connectivity index (χ1v) is 5.98. The highest BCUT2D eigenvalue weighted by atomic mass is 16.5. The molecule has 1 heterocycles. The normalized spacial score (nSPS) is 10.4. The van der Waals surface area contributed by atoms with Gasteiger partial charge in [-0.25, -0.2) is 4.98 Å².